The highest BCUT2D eigenvalue weighted by molar-refractivity contribution is 7.80. The Morgan fingerprint density at radius 2 is 1.29 bits per heavy atom. The van der Waals surface area contributed by atoms with Crippen molar-refractivity contribution in [2.75, 3.05) is 5.32 Å². The molecule has 6 aromatic rings. The van der Waals surface area contributed by atoms with Crippen LogP contribution in [-0.2, 0) is 0 Å². The maximum Gasteiger partial charge on any atom is 0.0681 e. The van der Waals surface area contributed by atoms with E-state index in [-0.39, 0.29) is 6.04 Å². The van der Waals surface area contributed by atoms with E-state index in [1.165, 1.54) is 0 Å². The van der Waals surface area contributed by atoms with Crippen LogP contribution in [0.15, 0.2) is 162 Å². The number of nitrogens with two attached hydrogens (primary N) is 1. The van der Waals surface area contributed by atoms with E-state index in [1.54, 1.807) is 0 Å². The largest absolute Gasteiger partial charge is 0.355 e. The van der Waals surface area contributed by atoms with Gasteiger partial charge in [-0.05, 0) is 63.7 Å². The maximum absolute atomic E-state index is 6.60. The van der Waals surface area contributed by atoms with Crippen molar-refractivity contribution in [3.8, 4) is 22.3 Å². The topological polar surface area (TPSA) is 50.4 Å². The molecule has 0 saturated heterocycles. The maximum atomic E-state index is 6.60. The van der Waals surface area contributed by atoms with Crippen molar-refractivity contribution in [1.29, 1.82) is 0 Å². The van der Waals surface area contributed by atoms with Gasteiger partial charge < -0.3 is 11.1 Å². The Hall–Kier alpha value is -4.90. The predicted molar refractivity (Wildman–Crippen MR) is 180 cm³/mol. The lowest BCUT2D eigenvalue weighted by Gasteiger charge is -2.16. The van der Waals surface area contributed by atoms with Gasteiger partial charge in [-0.15, -0.1) is 12.6 Å². The number of benzene rings is 6. The van der Waals surface area contributed by atoms with Crippen molar-refractivity contribution >= 4 is 35.9 Å². The average molecular weight is 562 g/mol. The minimum absolute atomic E-state index is 0.241. The molecular weight excluding hydrogens is 531 g/mol. The van der Waals surface area contributed by atoms with E-state index < -0.39 is 0 Å². The van der Waals surface area contributed by atoms with Crippen LogP contribution >= 0.6 is 12.6 Å². The van der Waals surface area contributed by atoms with Gasteiger partial charge in [-0.1, -0.05) is 121 Å². The lowest BCUT2D eigenvalue weighted by atomic mass is 9.98. The second kappa shape index (κ2) is 12.7. The standard InChI is InChI=1S/C38H31N3S/c39-38(29-13-5-2-6-14-29)34-16-7-9-17-35(34)40-26-27-19-22-31(23-20-27)41-36-25-30(33-15-8-10-18-37(33)42)21-24-32(36)28-11-3-1-4-12-28/h1-26,38,41-42H,39H2. The van der Waals surface area contributed by atoms with Crippen LogP contribution in [0.4, 0.5) is 17.1 Å². The lowest BCUT2D eigenvalue weighted by Crippen LogP contribution is -2.11. The summed E-state index contributed by atoms with van der Waals surface area (Å²) in [5.74, 6) is 0. The Bertz CT molecular complexity index is 1810. The zero-order chi connectivity index (χ0) is 28.7. The molecule has 0 aliphatic rings. The summed E-state index contributed by atoms with van der Waals surface area (Å²) in [6.45, 7) is 0. The summed E-state index contributed by atoms with van der Waals surface area (Å²) in [5.41, 5.74) is 17.0. The second-order valence-corrected chi connectivity index (χ2v) is 10.6. The third kappa shape index (κ3) is 6.21. The molecule has 0 saturated carbocycles. The monoisotopic (exact) mass is 561 g/mol. The minimum Gasteiger partial charge on any atom is -0.355 e. The molecule has 0 fully saturated rings. The number of nitrogens with one attached hydrogen (secondary N) is 1. The number of thiol groups is 1. The van der Waals surface area contributed by atoms with Gasteiger partial charge in [-0.25, -0.2) is 0 Å². The first-order valence-corrected chi connectivity index (χ1v) is 14.4. The molecule has 0 radical (unpaired) electrons. The minimum atomic E-state index is -0.241. The fourth-order valence-corrected chi connectivity index (χ4v) is 5.35. The molecule has 0 heterocycles. The molecular formula is C38H31N3S. The molecule has 1 unspecified atom stereocenters. The first-order chi connectivity index (χ1) is 20.7. The van der Waals surface area contributed by atoms with Gasteiger partial charge in [0, 0.05) is 28.0 Å². The summed E-state index contributed by atoms with van der Waals surface area (Å²) < 4.78 is 0. The molecule has 6 rings (SSSR count). The Balaban J connectivity index is 1.26. The number of hydrogen-bond donors (Lipinski definition) is 3. The molecule has 0 bridgehead atoms. The van der Waals surface area contributed by atoms with Crippen LogP contribution in [-0.4, -0.2) is 6.21 Å². The van der Waals surface area contributed by atoms with Crippen LogP contribution in [0.5, 0.6) is 0 Å². The highest BCUT2D eigenvalue weighted by Crippen LogP contribution is 2.36. The number of anilines is 2. The van der Waals surface area contributed by atoms with Crippen LogP contribution in [0.1, 0.15) is 22.7 Å². The van der Waals surface area contributed by atoms with E-state index in [0.717, 1.165) is 60.9 Å². The van der Waals surface area contributed by atoms with E-state index in [4.69, 9.17) is 23.4 Å². The molecule has 3 nitrogen and oxygen atoms in total. The summed E-state index contributed by atoms with van der Waals surface area (Å²) in [7, 11) is 0. The Morgan fingerprint density at radius 3 is 2.05 bits per heavy atom. The SMILES string of the molecule is NC(c1ccccc1)c1ccccc1N=Cc1ccc(Nc2cc(-c3ccccc3S)ccc2-c2ccccc2)cc1. The van der Waals surface area contributed by atoms with Gasteiger partial charge in [0.2, 0.25) is 0 Å². The van der Waals surface area contributed by atoms with E-state index in [2.05, 4.69) is 78.1 Å². The average Bonchev–Trinajstić information content (AvgIpc) is 3.05. The molecule has 204 valence electrons. The lowest BCUT2D eigenvalue weighted by molar-refractivity contribution is 0.872. The Labute approximate surface area is 252 Å². The second-order valence-electron chi connectivity index (χ2n) is 10.1. The van der Waals surface area contributed by atoms with Gasteiger partial charge in [-0.2, -0.15) is 0 Å². The molecule has 0 aliphatic carbocycles. The van der Waals surface area contributed by atoms with Crippen LogP contribution in [0.25, 0.3) is 22.3 Å². The van der Waals surface area contributed by atoms with Gasteiger partial charge in [0.1, 0.15) is 0 Å². The number of aliphatic imine (C=N–C) groups is 1. The molecule has 0 aliphatic heterocycles. The highest BCUT2D eigenvalue weighted by atomic mass is 32.1. The third-order valence-corrected chi connectivity index (χ3v) is 7.68. The first kappa shape index (κ1) is 27.3. The van der Waals surface area contributed by atoms with Crippen molar-refractivity contribution in [1.82, 2.24) is 0 Å². The smallest absolute Gasteiger partial charge is 0.0681 e. The third-order valence-electron chi connectivity index (χ3n) is 7.29. The number of nitrogens with zero attached hydrogens (tertiary/aromatic N) is 1. The van der Waals surface area contributed by atoms with Crippen LogP contribution in [0.2, 0.25) is 0 Å². The predicted octanol–water partition coefficient (Wildman–Crippen LogP) is 9.85. The Morgan fingerprint density at radius 1 is 0.619 bits per heavy atom. The molecule has 0 aromatic heterocycles. The van der Waals surface area contributed by atoms with Crippen LogP contribution < -0.4 is 11.1 Å². The summed E-state index contributed by atoms with van der Waals surface area (Å²) in [5, 5.41) is 3.66. The molecule has 0 spiro atoms. The zero-order valence-corrected chi connectivity index (χ0v) is 24.0. The van der Waals surface area contributed by atoms with Crippen molar-refractivity contribution in [3.63, 3.8) is 0 Å². The number of para-hydroxylation sites is 1. The summed E-state index contributed by atoms with van der Waals surface area (Å²) in [4.78, 5) is 5.76. The molecule has 1 atom stereocenters. The van der Waals surface area contributed by atoms with Crippen molar-refractivity contribution < 1.29 is 0 Å². The van der Waals surface area contributed by atoms with Gasteiger partial charge in [0.15, 0.2) is 0 Å². The fraction of sp³-hybridized carbons (Fsp3) is 0.0263. The van der Waals surface area contributed by atoms with Crippen LogP contribution in [0, 0.1) is 0 Å². The summed E-state index contributed by atoms with van der Waals surface area (Å²) in [6.07, 6.45) is 1.89. The van der Waals surface area contributed by atoms with E-state index in [1.807, 2.05) is 85.1 Å². The number of rotatable bonds is 8. The summed E-state index contributed by atoms with van der Waals surface area (Å²) >= 11 is 4.69. The molecule has 6 aromatic carbocycles. The summed E-state index contributed by atoms with van der Waals surface area (Å²) in [6, 6.07) is 51.3. The van der Waals surface area contributed by atoms with Gasteiger partial charge in [0.05, 0.1) is 11.7 Å². The van der Waals surface area contributed by atoms with E-state index in [0.29, 0.717) is 0 Å². The van der Waals surface area contributed by atoms with Gasteiger partial charge in [-0.3, -0.25) is 4.99 Å². The molecule has 42 heavy (non-hydrogen) atoms. The molecule has 3 N–H and O–H groups in total. The fourth-order valence-electron chi connectivity index (χ4n) is 5.06. The Kier molecular flexibility index (Phi) is 8.27. The van der Waals surface area contributed by atoms with E-state index in [9.17, 15) is 0 Å². The zero-order valence-electron chi connectivity index (χ0n) is 23.1. The highest BCUT2D eigenvalue weighted by Gasteiger charge is 2.13. The molecule has 4 heteroatoms. The van der Waals surface area contributed by atoms with E-state index >= 15 is 0 Å². The van der Waals surface area contributed by atoms with Crippen LogP contribution in [0.3, 0.4) is 0 Å². The number of hydrogen-bond acceptors (Lipinski definition) is 4. The quantitative estimate of drug-likeness (QED) is 0.128. The van der Waals surface area contributed by atoms with Gasteiger partial charge >= 0.3 is 0 Å². The van der Waals surface area contributed by atoms with Gasteiger partial charge in [0.25, 0.3) is 0 Å². The molecule has 0 amide bonds. The van der Waals surface area contributed by atoms with Crippen molar-refractivity contribution in [2.24, 2.45) is 10.7 Å². The van der Waals surface area contributed by atoms with Crippen molar-refractivity contribution in [3.05, 3.63) is 168 Å². The first-order valence-electron chi connectivity index (χ1n) is 13.9. The normalized spacial score (nSPS) is 11.9. The van der Waals surface area contributed by atoms with Crippen molar-refractivity contribution in [2.45, 2.75) is 10.9 Å².